The SMILES string of the molecule is CCCCCCCCNc1ccc(-c2ccccc2)cc1. The zero-order chi connectivity index (χ0) is 14.8. The quantitative estimate of drug-likeness (QED) is 0.545. The minimum atomic E-state index is 1.08. The van der Waals surface area contributed by atoms with Crippen molar-refractivity contribution in [2.75, 3.05) is 11.9 Å². The van der Waals surface area contributed by atoms with E-state index in [0.29, 0.717) is 0 Å². The molecule has 0 heterocycles. The summed E-state index contributed by atoms with van der Waals surface area (Å²) in [6, 6.07) is 19.3. The van der Waals surface area contributed by atoms with Crippen molar-refractivity contribution in [1.82, 2.24) is 0 Å². The van der Waals surface area contributed by atoms with Crippen molar-refractivity contribution >= 4 is 5.69 Å². The monoisotopic (exact) mass is 281 g/mol. The molecule has 112 valence electrons. The van der Waals surface area contributed by atoms with Crippen LogP contribution in [0.4, 0.5) is 5.69 Å². The molecule has 0 fully saturated rings. The summed E-state index contributed by atoms with van der Waals surface area (Å²) in [5, 5.41) is 3.51. The second kappa shape index (κ2) is 9.23. The Morgan fingerprint density at radius 2 is 1.29 bits per heavy atom. The standard InChI is InChI=1S/C20H27N/c1-2-3-4-5-6-10-17-21-20-15-13-19(14-16-20)18-11-8-7-9-12-18/h7-9,11-16,21H,2-6,10,17H2,1H3. The van der Waals surface area contributed by atoms with E-state index in [1.165, 1.54) is 55.3 Å². The molecule has 0 radical (unpaired) electrons. The Labute approximate surface area is 129 Å². The molecule has 21 heavy (non-hydrogen) atoms. The first-order valence-corrected chi connectivity index (χ1v) is 8.29. The number of unbranched alkanes of at least 4 members (excludes halogenated alkanes) is 5. The lowest BCUT2D eigenvalue weighted by atomic mass is 10.1. The number of benzene rings is 2. The molecule has 0 saturated heterocycles. The second-order valence-corrected chi connectivity index (χ2v) is 5.64. The average Bonchev–Trinajstić information content (AvgIpc) is 2.55. The number of hydrogen-bond acceptors (Lipinski definition) is 1. The Hall–Kier alpha value is -1.76. The van der Waals surface area contributed by atoms with E-state index < -0.39 is 0 Å². The summed E-state index contributed by atoms with van der Waals surface area (Å²) >= 11 is 0. The summed E-state index contributed by atoms with van der Waals surface area (Å²) < 4.78 is 0. The second-order valence-electron chi connectivity index (χ2n) is 5.64. The van der Waals surface area contributed by atoms with Gasteiger partial charge in [0.05, 0.1) is 0 Å². The van der Waals surface area contributed by atoms with Gasteiger partial charge in [-0.15, -0.1) is 0 Å². The molecule has 0 aromatic heterocycles. The van der Waals surface area contributed by atoms with E-state index in [-0.39, 0.29) is 0 Å². The summed E-state index contributed by atoms with van der Waals surface area (Å²) in [4.78, 5) is 0. The van der Waals surface area contributed by atoms with Gasteiger partial charge in [-0.3, -0.25) is 0 Å². The van der Waals surface area contributed by atoms with Gasteiger partial charge in [-0.1, -0.05) is 81.5 Å². The molecule has 2 rings (SSSR count). The highest BCUT2D eigenvalue weighted by Gasteiger charge is 1.97. The van der Waals surface area contributed by atoms with Gasteiger partial charge in [0.1, 0.15) is 0 Å². The Kier molecular flexibility index (Phi) is 6.87. The van der Waals surface area contributed by atoms with Gasteiger partial charge in [0, 0.05) is 12.2 Å². The van der Waals surface area contributed by atoms with E-state index in [0.717, 1.165) is 6.54 Å². The maximum Gasteiger partial charge on any atom is 0.0340 e. The van der Waals surface area contributed by atoms with Gasteiger partial charge in [-0.25, -0.2) is 0 Å². The predicted molar refractivity (Wildman–Crippen MR) is 93.7 cm³/mol. The van der Waals surface area contributed by atoms with E-state index in [4.69, 9.17) is 0 Å². The van der Waals surface area contributed by atoms with Crippen molar-refractivity contribution in [3.05, 3.63) is 54.6 Å². The van der Waals surface area contributed by atoms with E-state index in [9.17, 15) is 0 Å². The first-order valence-electron chi connectivity index (χ1n) is 8.29. The maximum atomic E-state index is 3.51. The van der Waals surface area contributed by atoms with Gasteiger partial charge in [0.15, 0.2) is 0 Å². The molecular weight excluding hydrogens is 254 g/mol. The average molecular weight is 281 g/mol. The normalized spacial score (nSPS) is 10.5. The lowest BCUT2D eigenvalue weighted by Crippen LogP contribution is -2.01. The van der Waals surface area contributed by atoms with E-state index >= 15 is 0 Å². The highest BCUT2D eigenvalue weighted by molar-refractivity contribution is 5.65. The smallest absolute Gasteiger partial charge is 0.0340 e. The number of hydrogen-bond donors (Lipinski definition) is 1. The molecule has 1 nitrogen and oxygen atoms in total. The minimum Gasteiger partial charge on any atom is -0.385 e. The fourth-order valence-electron chi connectivity index (χ4n) is 2.55. The first-order chi connectivity index (χ1) is 10.4. The van der Waals surface area contributed by atoms with Gasteiger partial charge < -0.3 is 5.32 Å². The zero-order valence-electron chi connectivity index (χ0n) is 13.1. The van der Waals surface area contributed by atoms with E-state index in [1.807, 2.05) is 0 Å². The molecule has 0 spiro atoms. The summed E-state index contributed by atoms with van der Waals surface area (Å²) in [5.41, 5.74) is 3.78. The summed E-state index contributed by atoms with van der Waals surface area (Å²) in [5.74, 6) is 0. The van der Waals surface area contributed by atoms with Crippen LogP contribution < -0.4 is 5.32 Å². The minimum absolute atomic E-state index is 1.08. The van der Waals surface area contributed by atoms with Gasteiger partial charge in [0.25, 0.3) is 0 Å². The van der Waals surface area contributed by atoms with E-state index in [2.05, 4.69) is 66.8 Å². The third-order valence-electron chi connectivity index (χ3n) is 3.85. The summed E-state index contributed by atoms with van der Waals surface area (Å²) in [7, 11) is 0. The van der Waals surface area contributed by atoms with Crippen molar-refractivity contribution < 1.29 is 0 Å². The Balaban J connectivity index is 1.71. The fraction of sp³-hybridized carbons (Fsp3) is 0.400. The first kappa shape index (κ1) is 15.6. The van der Waals surface area contributed by atoms with Crippen LogP contribution in [0.25, 0.3) is 11.1 Å². The van der Waals surface area contributed by atoms with Crippen LogP contribution >= 0.6 is 0 Å². The van der Waals surface area contributed by atoms with Crippen molar-refractivity contribution in [2.24, 2.45) is 0 Å². The maximum absolute atomic E-state index is 3.51. The molecule has 0 aliphatic heterocycles. The highest BCUT2D eigenvalue weighted by atomic mass is 14.9. The van der Waals surface area contributed by atoms with Gasteiger partial charge in [-0.05, 0) is 29.7 Å². The van der Waals surface area contributed by atoms with Crippen LogP contribution in [0.3, 0.4) is 0 Å². The molecule has 2 aromatic rings. The van der Waals surface area contributed by atoms with Crippen LogP contribution in [0, 0.1) is 0 Å². The molecule has 2 aromatic carbocycles. The Morgan fingerprint density at radius 1 is 0.667 bits per heavy atom. The van der Waals surface area contributed by atoms with Crippen molar-refractivity contribution in [3.8, 4) is 11.1 Å². The third kappa shape index (κ3) is 5.63. The molecule has 0 aliphatic carbocycles. The molecule has 1 heteroatoms. The topological polar surface area (TPSA) is 12.0 Å². The molecule has 0 saturated carbocycles. The predicted octanol–water partition coefficient (Wildman–Crippen LogP) is 6.13. The molecule has 0 bridgehead atoms. The van der Waals surface area contributed by atoms with Gasteiger partial charge >= 0.3 is 0 Å². The molecule has 0 atom stereocenters. The molecule has 1 N–H and O–H groups in total. The number of anilines is 1. The van der Waals surface area contributed by atoms with Crippen LogP contribution in [0.1, 0.15) is 45.4 Å². The Bertz CT molecular complexity index is 487. The van der Waals surface area contributed by atoms with Crippen molar-refractivity contribution in [3.63, 3.8) is 0 Å². The molecule has 0 amide bonds. The Morgan fingerprint density at radius 3 is 2.00 bits per heavy atom. The number of nitrogens with one attached hydrogen (secondary N) is 1. The molecule has 0 unspecified atom stereocenters. The number of rotatable bonds is 9. The lowest BCUT2D eigenvalue weighted by Gasteiger charge is -2.08. The van der Waals surface area contributed by atoms with Crippen LogP contribution in [0.5, 0.6) is 0 Å². The summed E-state index contributed by atoms with van der Waals surface area (Å²) in [6.07, 6.45) is 8.09. The van der Waals surface area contributed by atoms with Crippen LogP contribution in [-0.4, -0.2) is 6.54 Å². The summed E-state index contributed by atoms with van der Waals surface area (Å²) in [6.45, 7) is 3.34. The van der Waals surface area contributed by atoms with Crippen LogP contribution in [0.15, 0.2) is 54.6 Å². The fourth-order valence-corrected chi connectivity index (χ4v) is 2.55. The highest BCUT2D eigenvalue weighted by Crippen LogP contribution is 2.21. The van der Waals surface area contributed by atoms with Gasteiger partial charge in [-0.2, -0.15) is 0 Å². The van der Waals surface area contributed by atoms with Crippen LogP contribution in [0.2, 0.25) is 0 Å². The molecular formula is C20H27N. The lowest BCUT2D eigenvalue weighted by molar-refractivity contribution is 0.617. The molecule has 0 aliphatic rings. The largest absolute Gasteiger partial charge is 0.385 e. The van der Waals surface area contributed by atoms with Crippen molar-refractivity contribution in [2.45, 2.75) is 45.4 Å². The third-order valence-corrected chi connectivity index (χ3v) is 3.85. The van der Waals surface area contributed by atoms with E-state index in [1.54, 1.807) is 0 Å². The zero-order valence-corrected chi connectivity index (χ0v) is 13.1. The van der Waals surface area contributed by atoms with Crippen molar-refractivity contribution in [1.29, 1.82) is 0 Å². The van der Waals surface area contributed by atoms with Gasteiger partial charge in [0.2, 0.25) is 0 Å². The van der Waals surface area contributed by atoms with Crippen LogP contribution in [-0.2, 0) is 0 Å².